The van der Waals surface area contributed by atoms with E-state index in [0.717, 1.165) is 0 Å². The lowest BCUT2D eigenvalue weighted by atomic mass is 10.0. The molecular weight excluding hydrogens is 236 g/mol. The minimum absolute atomic E-state index is 0.107. The van der Waals surface area contributed by atoms with Gasteiger partial charge in [-0.3, -0.25) is 0 Å². The van der Waals surface area contributed by atoms with Gasteiger partial charge in [0.05, 0.1) is 12.0 Å². The Kier molecular flexibility index (Phi) is 3.91. The Balaban J connectivity index is 2.05. The summed E-state index contributed by atoms with van der Waals surface area (Å²) < 4.78 is 5.18. The van der Waals surface area contributed by atoms with Crippen molar-refractivity contribution in [3.8, 4) is 0 Å². The number of hydrogen-bond acceptors (Lipinski definition) is 5. The van der Waals surface area contributed by atoms with Crippen molar-refractivity contribution in [2.45, 2.75) is 38.7 Å². The Bertz CT molecular complexity index is 453. The van der Waals surface area contributed by atoms with Gasteiger partial charge in [0.1, 0.15) is 0 Å². The van der Waals surface area contributed by atoms with E-state index < -0.39 is 6.10 Å². The van der Waals surface area contributed by atoms with E-state index in [4.69, 9.17) is 4.52 Å². The van der Waals surface area contributed by atoms with Gasteiger partial charge in [0.25, 0.3) is 0 Å². The summed E-state index contributed by atoms with van der Waals surface area (Å²) in [6.45, 7) is 3.83. The summed E-state index contributed by atoms with van der Waals surface area (Å²) in [5, 5.41) is 15.7. The zero-order chi connectivity index (χ0) is 12.3. The highest BCUT2D eigenvalue weighted by Crippen LogP contribution is 2.20. The van der Waals surface area contributed by atoms with Crippen LogP contribution < -0.4 is 0 Å². The highest BCUT2D eigenvalue weighted by Gasteiger charge is 2.20. The van der Waals surface area contributed by atoms with Gasteiger partial charge in [0, 0.05) is 11.3 Å². The minimum atomic E-state index is -0.426. The number of aliphatic hydroxyl groups is 1. The van der Waals surface area contributed by atoms with Crippen LogP contribution in [0.2, 0.25) is 0 Å². The first-order valence-electron chi connectivity index (χ1n) is 5.73. The van der Waals surface area contributed by atoms with Crippen LogP contribution in [0.3, 0.4) is 0 Å². The first kappa shape index (κ1) is 12.3. The molecule has 0 bridgehead atoms. The second kappa shape index (κ2) is 5.42. The number of thiophene rings is 1. The highest BCUT2D eigenvalue weighted by atomic mass is 32.1. The third-order valence-corrected chi connectivity index (χ3v) is 3.66. The Morgan fingerprint density at radius 2 is 2.35 bits per heavy atom. The molecule has 0 radical (unpaired) electrons. The average molecular weight is 252 g/mol. The summed E-state index contributed by atoms with van der Waals surface area (Å²) >= 11 is 1.68. The number of aromatic nitrogens is 2. The molecule has 5 heteroatoms. The van der Waals surface area contributed by atoms with E-state index in [-0.39, 0.29) is 5.92 Å². The van der Waals surface area contributed by atoms with E-state index in [0.29, 0.717) is 24.6 Å². The Morgan fingerprint density at radius 3 is 3.00 bits per heavy atom. The van der Waals surface area contributed by atoms with Crippen molar-refractivity contribution < 1.29 is 9.63 Å². The van der Waals surface area contributed by atoms with Gasteiger partial charge in [-0.05, 0) is 17.9 Å². The molecule has 0 saturated heterocycles. The first-order valence-corrected chi connectivity index (χ1v) is 6.61. The fourth-order valence-corrected chi connectivity index (χ4v) is 2.31. The van der Waals surface area contributed by atoms with Crippen LogP contribution in [0.25, 0.3) is 0 Å². The smallest absolute Gasteiger partial charge is 0.232 e. The Hall–Kier alpha value is -1.20. The van der Waals surface area contributed by atoms with Gasteiger partial charge >= 0.3 is 0 Å². The van der Waals surface area contributed by atoms with Crippen LogP contribution in [-0.2, 0) is 6.42 Å². The summed E-state index contributed by atoms with van der Waals surface area (Å²) in [7, 11) is 0. The van der Waals surface area contributed by atoms with Gasteiger partial charge < -0.3 is 9.63 Å². The van der Waals surface area contributed by atoms with Gasteiger partial charge in [-0.15, -0.1) is 11.3 Å². The van der Waals surface area contributed by atoms with E-state index in [1.54, 1.807) is 11.3 Å². The minimum Gasteiger partial charge on any atom is -0.392 e. The van der Waals surface area contributed by atoms with Crippen molar-refractivity contribution in [2.24, 2.45) is 0 Å². The lowest BCUT2D eigenvalue weighted by Crippen LogP contribution is -2.14. The molecule has 2 rings (SSSR count). The predicted octanol–water partition coefficient (Wildman–Crippen LogP) is 2.60. The second-order valence-electron chi connectivity index (χ2n) is 4.07. The summed E-state index contributed by atoms with van der Waals surface area (Å²) in [5.74, 6) is 1.09. The average Bonchev–Trinajstić information content (AvgIpc) is 2.99. The van der Waals surface area contributed by atoms with Crippen LogP contribution in [-0.4, -0.2) is 21.4 Å². The highest BCUT2D eigenvalue weighted by molar-refractivity contribution is 7.09. The van der Waals surface area contributed by atoms with Crippen molar-refractivity contribution in [3.63, 3.8) is 0 Å². The van der Waals surface area contributed by atoms with Gasteiger partial charge in [0.15, 0.2) is 5.82 Å². The molecular formula is C12H16N2O2S. The molecule has 2 aromatic heterocycles. The molecule has 0 amide bonds. The molecule has 0 aliphatic heterocycles. The van der Waals surface area contributed by atoms with E-state index in [1.165, 1.54) is 4.88 Å². The molecule has 1 N–H and O–H groups in total. The van der Waals surface area contributed by atoms with Crippen molar-refractivity contribution in [1.29, 1.82) is 0 Å². The third-order valence-electron chi connectivity index (χ3n) is 2.78. The lowest BCUT2D eigenvalue weighted by Gasteiger charge is -2.11. The molecule has 2 aromatic rings. The molecule has 4 nitrogen and oxygen atoms in total. The number of aliphatic hydroxyl groups excluding tert-OH is 1. The van der Waals surface area contributed by atoms with Crippen LogP contribution >= 0.6 is 11.3 Å². The van der Waals surface area contributed by atoms with Crippen LogP contribution in [0.15, 0.2) is 22.0 Å². The van der Waals surface area contributed by atoms with Crippen LogP contribution in [0.1, 0.15) is 42.8 Å². The van der Waals surface area contributed by atoms with E-state index in [9.17, 15) is 5.11 Å². The van der Waals surface area contributed by atoms with E-state index in [1.807, 2.05) is 31.4 Å². The third kappa shape index (κ3) is 2.92. The van der Waals surface area contributed by atoms with Crippen molar-refractivity contribution in [3.05, 3.63) is 34.1 Å². The normalized spacial score (nSPS) is 14.8. The number of nitrogens with zero attached hydrogens (tertiary/aromatic N) is 2. The fraction of sp³-hybridized carbons (Fsp3) is 0.500. The molecule has 0 aromatic carbocycles. The maximum absolute atomic E-state index is 9.72. The summed E-state index contributed by atoms with van der Waals surface area (Å²) in [6, 6.07) is 4.05. The molecule has 0 aliphatic rings. The Labute approximate surface area is 104 Å². The molecule has 0 saturated carbocycles. The van der Waals surface area contributed by atoms with Crippen molar-refractivity contribution in [2.75, 3.05) is 0 Å². The molecule has 2 atom stereocenters. The van der Waals surface area contributed by atoms with Gasteiger partial charge in [-0.1, -0.05) is 25.1 Å². The summed E-state index contributed by atoms with van der Waals surface area (Å²) in [4.78, 5) is 5.53. The molecule has 2 heterocycles. The van der Waals surface area contributed by atoms with Gasteiger partial charge in [-0.25, -0.2) is 0 Å². The summed E-state index contributed by atoms with van der Waals surface area (Å²) in [6.07, 6.45) is 0.949. The molecule has 0 spiro atoms. The topological polar surface area (TPSA) is 59.2 Å². The molecule has 92 valence electrons. The standard InChI is InChI=1S/C12H16N2O2S/c1-3-10(15)8(2)12-13-11(14-16-12)7-9-5-4-6-17-9/h4-6,8,10,15H,3,7H2,1-2H3. The number of hydrogen-bond donors (Lipinski definition) is 1. The molecule has 0 fully saturated rings. The van der Waals surface area contributed by atoms with Gasteiger partial charge in [0.2, 0.25) is 5.89 Å². The van der Waals surface area contributed by atoms with Crippen molar-refractivity contribution >= 4 is 11.3 Å². The zero-order valence-electron chi connectivity index (χ0n) is 9.96. The SMILES string of the molecule is CCC(O)C(C)c1nc(Cc2cccs2)no1. The maximum Gasteiger partial charge on any atom is 0.232 e. The van der Waals surface area contributed by atoms with Gasteiger partial charge in [-0.2, -0.15) is 4.98 Å². The fourth-order valence-electron chi connectivity index (χ4n) is 1.61. The lowest BCUT2D eigenvalue weighted by molar-refractivity contribution is 0.129. The first-order chi connectivity index (χ1) is 8.20. The maximum atomic E-state index is 9.72. The molecule has 17 heavy (non-hydrogen) atoms. The number of rotatable bonds is 5. The van der Waals surface area contributed by atoms with Crippen molar-refractivity contribution in [1.82, 2.24) is 10.1 Å². The van der Waals surface area contributed by atoms with Crippen LogP contribution in [0.4, 0.5) is 0 Å². The zero-order valence-corrected chi connectivity index (χ0v) is 10.8. The molecule has 0 aliphatic carbocycles. The quantitative estimate of drug-likeness (QED) is 0.888. The van der Waals surface area contributed by atoms with E-state index in [2.05, 4.69) is 10.1 Å². The second-order valence-corrected chi connectivity index (χ2v) is 5.10. The summed E-state index contributed by atoms with van der Waals surface area (Å²) in [5.41, 5.74) is 0. The molecule has 2 unspecified atom stereocenters. The monoisotopic (exact) mass is 252 g/mol. The van der Waals surface area contributed by atoms with Crippen LogP contribution in [0.5, 0.6) is 0 Å². The Morgan fingerprint density at radius 1 is 1.53 bits per heavy atom. The predicted molar refractivity (Wildman–Crippen MR) is 66.1 cm³/mol. The van der Waals surface area contributed by atoms with Crippen LogP contribution in [0, 0.1) is 0 Å². The van der Waals surface area contributed by atoms with E-state index >= 15 is 0 Å². The largest absolute Gasteiger partial charge is 0.392 e.